The van der Waals surface area contributed by atoms with E-state index in [1.807, 2.05) is 19.9 Å². The Bertz CT molecular complexity index is 534. The molecule has 1 N–H and O–H groups in total. The summed E-state index contributed by atoms with van der Waals surface area (Å²) in [4.78, 5) is 12.1. The highest BCUT2D eigenvalue weighted by Gasteiger charge is 2.31. The lowest BCUT2D eigenvalue weighted by Gasteiger charge is -2.18. The summed E-state index contributed by atoms with van der Waals surface area (Å²) in [5.41, 5.74) is 3.73. The van der Waals surface area contributed by atoms with Crippen molar-refractivity contribution in [2.75, 3.05) is 6.61 Å². The zero-order chi connectivity index (χ0) is 15.6. The molecule has 1 atom stereocenters. The first kappa shape index (κ1) is 15.9. The fraction of sp³-hybridized carbons (Fsp3) is 0.611. The number of ether oxygens (including phenoxy) is 1. The Morgan fingerprint density at radius 2 is 1.95 bits per heavy atom. The Labute approximate surface area is 128 Å². The number of hydrogen-bond acceptors (Lipinski definition) is 2. The number of amides is 1. The summed E-state index contributed by atoms with van der Waals surface area (Å²) in [6.07, 6.45) is 3.30. The second-order valence-electron chi connectivity index (χ2n) is 7.11. The maximum atomic E-state index is 12.1. The SMILES string of the molecule is Cc1ccc(C)c(OCC(=O)NC2CCC(C)(C)C2)c1C. The number of hydrogen-bond donors (Lipinski definition) is 1. The number of aryl methyl sites for hydroxylation is 2. The van der Waals surface area contributed by atoms with Gasteiger partial charge in [0.15, 0.2) is 6.61 Å². The highest BCUT2D eigenvalue weighted by molar-refractivity contribution is 5.78. The molecule has 21 heavy (non-hydrogen) atoms. The molecule has 3 heteroatoms. The van der Waals surface area contributed by atoms with Crippen molar-refractivity contribution in [3.63, 3.8) is 0 Å². The summed E-state index contributed by atoms with van der Waals surface area (Å²) in [5.74, 6) is 0.829. The molecule has 0 heterocycles. The molecule has 116 valence electrons. The molecule has 0 aromatic heterocycles. The van der Waals surface area contributed by atoms with Gasteiger partial charge in [-0.3, -0.25) is 4.79 Å². The van der Waals surface area contributed by atoms with Gasteiger partial charge in [0.2, 0.25) is 0 Å². The van der Waals surface area contributed by atoms with Gasteiger partial charge in [-0.2, -0.15) is 0 Å². The van der Waals surface area contributed by atoms with E-state index in [0.717, 1.165) is 29.7 Å². The van der Waals surface area contributed by atoms with Crippen LogP contribution in [-0.2, 0) is 4.79 Å². The smallest absolute Gasteiger partial charge is 0.258 e. The van der Waals surface area contributed by atoms with Gasteiger partial charge in [0.05, 0.1) is 0 Å². The van der Waals surface area contributed by atoms with E-state index < -0.39 is 0 Å². The molecule has 1 aliphatic carbocycles. The van der Waals surface area contributed by atoms with E-state index in [0.29, 0.717) is 11.5 Å². The number of benzene rings is 1. The summed E-state index contributed by atoms with van der Waals surface area (Å²) in [6.45, 7) is 10.7. The lowest BCUT2D eigenvalue weighted by molar-refractivity contribution is -0.123. The summed E-state index contributed by atoms with van der Waals surface area (Å²) in [7, 11) is 0. The molecular weight excluding hydrogens is 262 g/mol. The Hall–Kier alpha value is -1.51. The van der Waals surface area contributed by atoms with Crippen molar-refractivity contribution in [1.29, 1.82) is 0 Å². The Balaban J connectivity index is 1.89. The van der Waals surface area contributed by atoms with Gasteiger partial charge in [-0.15, -0.1) is 0 Å². The van der Waals surface area contributed by atoms with E-state index in [2.05, 4.69) is 32.2 Å². The Morgan fingerprint density at radius 3 is 2.57 bits per heavy atom. The maximum absolute atomic E-state index is 12.1. The second kappa shape index (κ2) is 6.08. The molecular formula is C18H27NO2. The van der Waals surface area contributed by atoms with Crippen LogP contribution in [0.25, 0.3) is 0 Å². The van der Waals surface area contributed by atoms with E-state index in [9.17, 15) is 4.79 Å². The minimum absolute atomic E-state index is 0.0157. The molecule has 1 aliphatic rings. The molecule has 1 amide bonds. The van der Waals surface area contributed by atoms with E-state index >= 15 is 0 Å². The summed E-state index contributed by atoms with van der Waals surface area (Å²) in [5, 5.41) is 3.09. The largest absolute Gasteiger partial charge is 0.483 e. The van der Waals surface area contributed by atoms with E-state index in [1.54, 1.807) is 0 Å². The fourth-order valence-corrected chi connectivity index (χ4v) is 3.11. The molecule has 0 radical (unpaired) electrons. The molecule has 1 aromatic carbocycles. The van der Waals surface area contributed by atoms with Gasteiger partial charge in [-0.25, -0.2) is 0 Å². The van der Waals surface area contributed by atoms with Gasteiger partial charge in [0.1, 0.15) is 5.75 Å². The predicted octanol–water partition coefficient (Wildman–Crippen LogP) is 3.69. The van der Waals surface area contributed by atoms with Gasteiger partial charge < -0.3 is 10.1 Å². The number of rotatable bonds is 4. The summed E-state index contributed by atoms with van der Waals surface area (Å²) in [6, 6.07) is 4.42. The fourth-order valence-electron chi connectivity index (χ4n) is 3.11. The van der Waals surface area contributed by atoms with E-state index in [1.165, 1.54) is 12.0 Å². The predicted molar refractivity (Wildman–Crippen MR) is 85.7 cm³/mol. The molecule has 0 saturated heterocycles. The molecule has 3 nitrogen and oxygen atoms in total. The van der Waals surface area contributed by atoms with Crippen LogP contribution in [0.2, 0.25) is 0 Å². The van der Waals surface area contributed by atoms with Crippen LogP contribution in [0.5, 0.6) is 5.75 Å². The molecule has 1 fully saturated rings. The first-order chi connectivity index (χ1) is 9.78. The zero-order valence-electron chi connectivity index (χ0n) is 13.9. The standard InChI is InChI=1S/C18H27NO2/c1-12-6-7-13(2)17(14(12)3)21-11-16(20)19-15-8-9-18(4,5)10-15/h6-7,15H,8-11H2,1-5H3,(H,19,20). The van der Waals surface area contributed by atoms with Crippen LogP contribution in [0, 0.1) is 26.2 Å². The maximum Gasteiger partial charge on any atom is 0.258 e. The van der Waals surface area contributed by atoms with Crippen LogP contribution in [0.4, 0.5) is 0 Å². The molecule has 0 aliphatic heterocycles. The first-order valence-electron chi connectivity index (χ1n) is 7.77. The van der Waals surface area contributed by atoms with Gasteiger partial charge in [0.25, 0.3) is 5.91 Å². The number of carbonyl (C=O) groups is 1. The highest BCUT2D eigenvalue weighted by Crippen LogP contribution is 2.36. The second-order valence-corrected chi connectivity index (χ2v) is 7.11. The van der Waals surface area contributed by atoms with E-state index in [4.69, 9.17) is 4.74 Å². The van der Waals surface area contributed by atoms with Crippen molar-refractivity contribution in [2.45, 2.75) is 59.9 Å². The minimum atomic E-state index is -0.0157. The van der Waals surface area contributed by atoms with Crippen LogP contribution in [0.3, 0.4) is 0 Å². The van der Waals surface area contributed by atoms with Crippen LogP contribution in [-0.4, -0.2) is 18.6 Å². The summed E-state index contributed by atoms with van der Waals surface area (Å²) < 4.78 is 5.76. The number of carbonyl (C=O) groups excluding carboxylic acids is 1. The quantitative estimate of drug-likeness (QED) is 0.918. The van der Waals surface area contributed by atoms with Crippen LogP contribution >= 0.6 is 0 Å². The number of nitrogens with one attached hydrogen (secondary N) is 1. The average molecular weight is 289 g/mol. The van der Waals surface area contributed by atoms with Gasteiger partial charge in [-0.1, -0.05) is 26.0 Å². The lowest BCUT2D eigenvalue weighted by Crippen LogP contribution is -2.37. The van der Waals surface area contributed by atoms with Crippen LogP contribution in [0.15, 0.2) is 12.1 Å². The third-order valence-electron chi connectivity index (χ3n) is 4.55. The van der Waals surface area contributed by atoms with Gasteiger partial charge >= 0.3 is 0 Å². The van der Waals surface area contributed by atoms with Crippen molar-refractivity contribution in [3.8, 4) is 5.75 Å². The zero-order valence-corrected chi connectivity index (χ0v) is 13.9. The highest BCUT2D eigenvalue weighted by atomic mass is 16.5. The first-order valence-corrected chi connectivity index (χ1v) is 7.77. The Morgan fingerprint density at radius 1 is 1.29 bits per heavy atom. The monoisotopic (exact) mass is 289 g/mol. The topological polar surface area (TPSA) is 38.3 Å². The van der Waals surface area contributed by atoms with Crippen molar-refractivity contribution in [1.82, 2.24) is 5.32 Å². The molecule has 2 rings (SSSR count). The molecule has 0 spiro atoms. The van der Waals surface area contributed by atoms with Crippen molar-refractivity contribution >= 4 is 5.91 Å². The minimum Gasteiger partial charge on any atom is -0.483 e. The molecule has 1 aromatic rings. The Kier molecular flexibility index (Phi) is 4.60. The van der Waals surface area contributed by atoms with Crippen molar-refractivity contribution in [2.24, 2.45) is 5.41 Å². The molecule has 1 saturated carbocycles. The molecule has 0 bridgehead atoms. The lowest BCUT2D eigenvalue weighted by atomic mass is 9.92. The van der Waals surface area contributed by atoms with Crippen LogP contribution < -0.4 is 10.1 Å². The third-order valence-corrected chi connectivity index (χ3v) is 4.55. The van der Waals surface area contributed by atoms with Crippen molar-refractivity contribution < 1.29 is 9.53 Å². The normalized spacial score (nSPS) is 20.3. The van der Waals surface area contributed by atoms with E-state index in [-0.39, 0.29) is 12.5 Å². The van der Waals surface area contributed by atoms with Gasteiger partial charge in [-0.05, 0) is 62.1 Å². The average Bonchev–Trinajstić information content (AvgIpc) is 2.73. The van der Waals surface area contributed by atoms with Gasteiger partial charge in [0, 0.05) is 6.04 Å². The van der Waals surface area contributed by atoms with Crippen molar-refractivity contribution in [3.05, 3.63) is 28.8 Å². The molecule has 1 unspecified atom stereocenters. The summed E-state index contributed by atoms with van der Waals surface area (Å²) >= 11 is 0. The third kappa shape index (κ3) is 3.99. The van der Waals surface area contributed by atoms with Crippen LogP contribution in [0.1, 0.15) is 49.8 Å².